The standard InChI is InChI=1S/C12H14O3/c1-14-10-6-4-3-5-9(10)12(7-8-12)11(13)15-2/h3-6H,7-8H2,1-2H3. The van der Waals surface area contributed by atoms with E-state index in [4.69, 9.17) is 9.47 Å². The molecule has 15 heavy (non-hydrogen) atoms. The molecule has 0 atom stereocenters. The summed E-state index contributed by atoms with van der Waals surface area (Å²) in [6.07, 6.45) is 1.69. The monoisotopic (exact) mass is 206 g/mol. The Labute approximate surface area is 89.0 Å². The molecule has 0 heterocycles. The molecule has 0 radical (unpaired) electrons. The summed E-state index contributed by atoms with van der Waals surface area (Å²) in [4.78, 5) is 11.7. The van der Waals surface area contributed by atoms with Crippen molar-refractivity contribution in [2.24, 2.45) is 0 Å². The molecule has 1 aliphatic rings. The number of rotatable bonds is 3. The molecule has 0 aromatic heterocycles. The van der Waals surface area contributed by atoms with Gasteiger partial charge in [-0.25, -0.2) is 0 Å². The zero-order valence-electron chi connectivity index (χ0n) is 8.95. The maximum Gasteiger partial charge on any atom is 0.316 e. The highest BCUT2D eigenvalue weighted by molar-refractivity contribution is 5.87. The van der Waals surface area contributed by atoms with Crippen molar-refractivity contribution in [2.75, 3.05) is 14.2 Å². The van der Waals surface area contributed by atoms with Gasteiger partial charge in [-0.2, -0.15) is 0 Å². The van der Waals surface area contributed by atoms with E-state index >= 15 is 0 Å². The molecule has 3 nitrogen and oxygen atoms in total. The van der Waals surface area contributed by atoms with Gasteiger partial charge in [0.1, 0.15) is 5.75 Å². The Morgan fingerprint density at radius 3 is 2.47 bits per heavy atom. The molecule has 80 valence electrons. The summed E-state index contributed by atoms with van der Waals surface area (Å²) in [7, 11) is 3.05. The minimum absolute atomic E-state index is 0.160. The number of benzene rings is 1. The summed E-state index contributed by atoms with van der Waals surface area (Å²) in [5.41, 5.74) is 0.501. The number of para-hydroxylation sites is 1. The predicted molar refractivity (Wildman–Crippen MR) is 55.9 cm³/mol. The fourth-order valence-corrected chi connectivity index (χ4v) is 1.94. The Kier molecular flexibility index (Phi) is 2.39. The van der Waals surface area contributed by atoms with Crippen molar-refractivity contribution in [3.8, 4) is 5.75 Å². The van der Waals surface area contributed by atoms with Crippen LogP contribution in [0, 0.1) is 0 Å². The van der Waals surface area contributed by atoms with Crippen LogP contribution in [0.15, 0.2) is 24.3 Å². The van der Waals surface area contributed by atoms with Crippen molar-refractivity contribution in [1.29, 1.82) is 0 Å². The van der Waals surface area contributed by atoms with Gasteiger partial charge in [-0.3, -0.25) is 4.79 Å². The van der Waals surface area contributed by atoms with Gasteiger partial charge in [-0.1, -0.05) is 18.2 Å². The highest BCUT2D eigenvalue weighted by Crippen LogP contribution is 2.51. The van der Waals surface area contributed by atoms with Crippen LogP contribution in [0.3, 0.4) is 0 Å². The quantitative estimate of drug-likeness (QED) is 0.708. The van der Waals surface area contributed by atoms with Crippen LogP contribution in [0.25, 0.3) is 0 Å². The smallest absolute Gasteiger partial charge is 0.316 e. The number of carbonyl (C=O) groups is 1. The molecule has 0 spiro atoms. The highest BCUT2D eigenvalue weighted by Gasteiger charge is 2.53. The highest BCUT2D eigenvalue weighted by atomic mass is 16.5. The van der Waals surface area contributed by atoms with Crippen molar-refractivity contribution >= 4 is 5.97 Å². The first-order valence-corrected chi connectivity index (χ1v) is 4.96. The first kappa shape index (κ1) is 10.0. The lowest BCUT2D eigenvalue weighted by Crippen LogP contribution is -2.22. The molecule has 3 heteroatoms. The maximum absolute atomic E-state index is 11.7. The number of methoxy groups -OCH3 is 2. The summed E-state index contributed by atoms with van der Waals surface area (Å²) in [5.74, 6) is 0.604. The van der Waals surface area contributed by atoms with E-state index in [2.05, 4.69) is 0 Å². The third kappa shape index (κ3) is 1.48. The molecule has 1 aromatic rings. The molecular formula is C12H14O3. The van der Waals surface area contributed by atoms with Crippen LogP contribution >= 0.6 is 0 Å². The lowest BCUT2D eigenvalue weighted by Gasteiger charge is -2.16. The van der Waals surface area contributed by atoms with E-state index in [1.54, 1.807) is 7.11 Å². The summed E-state index contributed by atoms with van der Waals surface area (Å²) >= 11 is 0. The van der Waals surface area contributed by atoms with Gasteiger partial charge in [-0.15, -0.1) is 0 Å². The second-order valence-electron chi connectivity index (χ2n) is 3.77. The fraction of sp³-hybridized carbons (Fsp3) is 0.417. The summed E-state index contributed by atoms with van der Waals surface area (Å²) in [5, 5.41) is 0. The van der Waals surface area contributed by atoms with Crippen LogP contribution in [0.5, 0.6) is 5.75 Å². The molecule has 1 aromatic carbocycles. The van der Waals surface area contributed by atoms with Crippen molar-refractivity contribution in [3.05, 3.63) is 29.8 Å². The van der Waals surface area contributed by atoms with E-state index in [1.807, 2.05) is 24.3 Å². The largest absolute Gasteiger partial charge is 0.496 e. The average Bonchev–Trinajstić information content (AvgIpc) is 3.09. The molecule has 1 saturated carbocycles. The van der Waals surface area contributed by atoms with Gasteiger partial charge in [0.25, 0.3) is 0 Å². The predicted octanol–water partition coefficient (Wildman–Crippen LogP) is 1.90. The van der Waals surface area contributed by atoms with Gasteiger partial charge in [-0.05, 0) is 18.9 Å². The average molecular weight is 206 g/mol. The summed E-state index contributed by atoms with van der Waals surface area (Å²) < 4.78 is 10.1. The minimum Gasteiger partial charge on any atom is -0.496 e. The molecule has 0 bridgehead atoms. The van der Waals surface area contributed by atoms with Gasteiger partial charge in [0.2, 0.25) is 0 Å². The van der Waals surface area contributed by atoms with Crippen molar-refractivity contribution in [2.45, 2.75) is 18.3 Å². The van der Waals surface area contributed by atoms with Crippen LogP contribution in [-0.2, 0) is 14.9 Å². The Morgan fingerprint density at radius 1 is 1.27 bits per heavy atom. The molecule has 0 unspecified atom stereocenters. The van der Waals surface area contributed by atoms with Crippen LogP contribution in [0.1, 0.15) is 18.4 Å². The molecule has 2 rings (SSSR count). The van der Waals surface area contributed by atoms with E-state index in [-0.39, 0.29) is 5.97 Å². The molecule has 0 saturated heterocycles. The number of esters is 1. The molecule has 0 aliphatic heterocycles. The second kappa shape index (κ2) is 3.57. The van der Waals surface area contributed by atoms with E-state index < -0.39 is 5.41 Å². The molecular weight excluding hydrogens is 192 g/mol. The van der Waals surface area contributed by atoms with E-state index in [9.17, 15) is 4.79 Å². The fourth-order valence-electron chi connectivity index (χ4n) is 1.94. The van der Waals surface area contributed by atoms with Gasteiger partial charge in [0.15, 0.2) is 0 Å². The zero-order chi connectivity index (χ0) is 10.9. The van der Waals surface area contributed by atoms with Gasteiger partial charge in [0.05, 0.1) is 19.6 Å². The van der Waals surface area contributed by atoms with Gasteiger partial charge in [0, 0.05) is 5.56 Å². The molecule has 0 amide bonds. The topological polar surface area (TPSA) is 35.5 Å². The van der Waals surface area contributed by atoms with Crippen LogP contribution in [-0.4, -0.2) is 20.2 Å². The Morgan fingerprint density at radius 2 is 1.93 bits per heavy atom. The van der Waals surface area contributed by atoms with Gasteiger partial charge >= 0.3 is 5.97 Å². The molecule has 1 aliphatic carbocycles. The first-order valence-electron chi connectivity index (χ1n) is 4.96. The van der Waals surface area contributed by atoms with Crippen molar-refractivity contribution < 1.29 is 14.3 Å². The molecule has 0 N–H and O–H groups in total. The Balaban J connectivity index is 2.41. The number of carbonyl (C=O) groups excluding carboxylic acids is 1. The Hall–Kier alpha value is -1.51. The van der Waals surface area contributed by atoms with Gasteiger partial charge < -0.3 is 9.47 Å². The first-order chi connectivity index (χ1) is 7.24. The lowest BCUT2D eigenvalue weighted by molar-refractivity contribution is -0.143. The van der Waals surface area contributed by atoms with Crippen molar-refractivity contribution in [3.63, 3.8) is 0 Å². The maximum atomic E-state index is 11.7. The number of hydrogen-bond acceptors (Lipinski definition) is 3. The summed E-state index contributed by atoms with van der Waals surface area (Å²) in [6.45, 7) is 0. The van der Waals surface area contributed by atoms with E-state index in [0.717, 1.165) is 24.2 Å². The number of ether oxygens (including phenoxy) is 2. The third-order valence-corrected chi connectivity index (χ3v) is 2.95. The number of hydrogen-bond donors (Lipinski definition) is 0. The van der Waals surface area contributed by atoms with Crippen LogP contribution in [0.2, 0.25) is 0 Å². The summed E-state index contributed by atoms with van der Waals surface area (Å²) in [6, 6.07) is 7.62. The van der Waals surface area contributed by atoms with Crippen molar-refractivity contribution in [1.82, 2.24) is 0 Å². The second-order valence-corrected chi connectivity index (χ2v) is 3.77. The third-order valence-electron chi connectivity index (χ3n) is 2.95. The lowest BCUT2D eigenvalue weighted by atomic mass is 9.95. The van der Waals surface area contributed by atoms with Crippen LogP contribution in [0.4, 0.5) is 0 Å². The Bertz CT molecular complexity index is 380. The molecule has 1 fully saturated rings. The minimum atomic E-state index is -0.443. The normalized spacial score (nSPS) is 16.9. The van der Waals surface area contributed by atoms with Crippen LogP contribution < -0.4 is 4.74 Å². The SMILES string of the molecule is COC(=O)C1(c2ccccc2OC)CC1. The van der Waals surface area contributed by atoms with E-state index in [0.29, 0.717) is 0 Å². The van der Waals surface area contributed by atoms with E-state index in [1.165, 1.54) is 7.11 Å². The zero-order valence-corrected chi connectivity index (χ0v) is 8.95.